The van der Waals surface area contributed by atoms with Gasteiger partial charge in [-0.25, -0.2) is 9.59 Å². The molecule has 0 unspecified atom stereocenters. The van der Waals surface area contributed by atoms with Gasteiger partial charge in [0.05, 0.1) is 18.2 Å². The van der Waals surface area contributed by atoms with E-state index in [0.29, 0.717) is 23.6 Å². The zero-order chi connectivity index (χ0) is 22.9. The van der Waals surface area contributed by atoms with Crippen LogP contribution in [-0.4, -0.2) is 43.8 Å². The number of nitrogens with zero attached hydrogens (tertiary/aromatic N) is 1. The van der Waals surface area contributed by atoms with E-state index in [-0.39, 0.29) is 25.8 Å². The molecule has 1 aliphatic rings. The third-order valence-electron chi connectivity index (χ3n) is 5.09. The van der Waals surface area contributed by atoms with Crippen molar-refractivity contribution < 1.29 is 23.8 Å². The van der Waals surface area contributed by atoms with E-state index in [1.54, 1.807) is 13.0 Å². The van der Waals surface area contributed by atoms with Crippen LogP contribution in [0, 0.1) is 0 Å². The third kappa shape index (κ3) is 5.56. The first-order valence-corrected chi connectivity index (χ1v) is 10.4. The van der Waals surface area contributed by atoms with Crippen LogP contribution in [0.15, 0.2) is 78.5 Å². The van der Waals surface area contributed by atoms with Crippen LogP contribution < -0.4 is 10.1 Å². The number of carbonyl (C=O) groups is 2. The summed E-state index contributed by atoms with van der Waals surface area (Å²) in [6.07, 6.45) is 1.61. The number of nitrogens with one attached hydrogen (secondary N) is 1. The quantitative estimate of drug-likeness (QED) is 0.346. The fourth-order valence-electron chi connectivity index (χ4n) is 3.46. The van der Waals surface area contributed by atoms with Gasteiger partial charge in [0, 0.05) is 19.4 Å². The minimum absolute atomic E-state index is 0.120. The number of rotatable bonds is 10. The van der Waals surface area contributed by atoms with Crippen molar-refractivity contribution >= 4 is 12.0 Å². The number of carbonyl (C=O) groups excluding carboxylic acids is 2. The lowest BCUT2D eigenvalue weighted by Gasteiger charge is -2.35. The van der Waals surface area contributed by atoms with E-state index in [9.17, 15) is 9.59 Å². The fraction of sp³-hybridized carbons (Fsp3) is 0.280. The number of benzene rings is 2. The van der Waals surface area contributed by atoms with Crippen LogP contribution in [0.5, 0.6) is 5.75 Å². The lowest BCUT2D eigenvalue weighted by Crippen LogP contribution is -2.48. The summed E-state index contributed by atoms with van der Waals surface area (Å²) in [6, 6.07) is 16.2. The Labute approximate surface area is 188 Å². The Balaban J connectivity index is 1.88. The molecular formula is C25H28N2O5. The van der Waals surface area contributed by atoms with Gasteiger partial charge in [-0.15, -0.1) is 6.58 Å². The second kappa shape index (κ2) is 11.2. The smallest absolute Gasteiger partial charge is 0.338 e. The van der Waals surface area contributed by atoms with E-state index >= 15 is 0 Å². The van der Waals surface area contributed by atoms with Gasteiger partial charge in [0.2, 0.25) is 0 Å². The van der Waals surface area contributed by atoms with Gasteiger partial charge >= 0.3 is 12.0 Å². The maximum Gasteiger partial charge on any atom is 0.338 e. The highest BCUT2D eigenvalue weighted by Crippen LogP contribution is 2.33. The molecule has 1 heterocycles. The summed E-state index contributed by atoms with van der Waals surface area (Å²) in [6.45, 7) is 6.52. The highest BCUT2D eigenvalue weighted by Gasteiger charge is 2.36. The Bertz CT molecular complexity index is 987. The van der Waals surface area contributed by atoms with Gasteiger partial charge in [0.1, 0.15) is 19.0 Å². The van der Waals surface area contributed by atoms with Crippen LogP contribution in [-0.2, 0) is 20.9 Å². The molecule has 0 aromatic heterocycles. The maximum atomic E-state index is 12.9. The molecule has 0 spiro atoms. The van der Waals surface area contributed by atoms with Crippen molar-refractivity contribution in [3.63, 3.8) is 0 Å². The highest BCUT2D eigenvalue weighted by molar-refractivity contribution is 5.95. The van der Waals surface area contributed by atoms with Gasteiger partial charge in [-0.3, -0.25) is 4.90 Å². The van der Waals surface area contributed by atoms with Crippen molar-refractivity contribution in [1.29, 1.82) is 0 Å². The van der Waals surface area contributed by atoms with Gasteiger partial charge in [0.15, 0.2) is 0 Å². The van der Waals surface area contributed by atoms with Crippen LogP contribution in [0.4, 0.5) is 4.79 Å². The molecule has 7 heteroatoms. The topological polar surface area (TPSA) is 77.1 Å². The van der Waals surface area contributed by atoms with Crippen molar-refractivity contribution in [3.05, 3.63) is 89.6 Å². The van der Waals surface area contributed by atoms with Crippen LogP contribution >= 0.6 is 0 Å². The van der Waals surface area contributed by atoms with E-state index in [0.717, 1.165) is 11.1 Å². The summed E-state index contributed by atoms with van der Waals surface area (Å²) >= 11 is 0. The van der Waals surface area contributed by atoms with Crippen molar-refractivity contribution in [1.82, 2.24) is 10.2 Å². The zero-order valence-electron chi connectivity index (χ0n) is 18.4. The van der Waals surface area contributed by atoms with E-state index in [2.05, 4.69) is 11.9 Å². The average Bonchev–Trinajstić information content (AvgIpc) is 2.81. The van der Waals surface area contributed by atoms with E-state index in [1.165, 1.54) is 12.0 Å². The van der Waals surface area contributed by atoms with Crippen LogP contribution in [0.2, 0.25) is 0 Å². The SMILES string of the molecule is C=CCN1C(=O)N[C@@H](c2cccc(OCc3ccccc3)c2)C(C(=O)OCCOC)=C1C. The number of methoxy groups -OCH3 is 1. The molecule has 1 aliphatic heterocycles. The Kier molecular flexibility index (Phi) is 8.05. The number of hydrogen-bond acceptors (Lipinski definition) is 5. The monoisotopic (exact) mass is 436 g/mol. The number of esters is 1. The third-order valence-corrected chi connectivity index (χ3v) is 5.09. The van der Waals surface area contributed by atoms with Gasteiger partial charge < -0.3 is 19.5 Å². The van der Waals surface area contributed by atoms with Gasteiger partial charge in [-0.2, -0.15) is 0 Å². The molecule has 0 radical (unpaired) electrons. The number of urea groups is 1. The van der Waals surface area contributed by atoms with Crippen LogP contribution in [0.1, 0.15) is 24.1 Å². The number of amides is 2. The molecule has 1 atom stereocenters. The Hall–Kier alpha value is -3.58. The van der Waals surface area contributed by atoms with Gasteiger partial charge in [0.25, 0.3) is 0 Å². The molecule has 2 aromatic rings. The molecule has 0 bridgehead atoms. The molecule has 168 valence electrons. The van der Waals surface area contributed by atoms with Crippen molar-refractivity contribution in [2.75, 3.05) is 26.9 Å². The first-order chi connectivity index (χ1) is 15.5. The van der Waals surface area contributed by atoms with Crippen molar-refractivity contribution in [3.8, 4) is 5.75 Å². The zero-order valence-corrected chi connectivity index (χ0v) is 18.4. The first-order valence-electron chi connectivity index (χ1n) is 10.4. The normalized spacial score (nSPS) is 15.9. The number of ether oxygens (including phenoxy) is 3. The Morgan fingerprint density at radius 3 is 2.66 bits per heavy atom. The maximum absolute atomic E-state index is 12.9. The molecule has 32 heavy (non-hydrogen) atoms. The van der Waals surface area contributed by atoms with Crippen molar-refractivity contribution in [2.24, 2.45) is 0 Å². The molecule has 3 rings (SSSR count). The molecule has 1 N–H and O–H groups in total. The molecule has 0 saturated heterocycles. The van der Waals surface area contributed by atoms with Gasteiger partial charge in [-0.1, -0.05) is 48.5 Å². The van der Waals surface area contributed by atoms with Crippen LogP contribution in [0.25, 0.3) is 0 Å². The van der Waals surface area contributed by atoms with Crippen LogP contribution in [0.3, 0.4) is 0 Å². The lowest BCUT2D eigenvalue weighted by atomic mass is 9.94. The molecule has 2 amide bonds. The molecule has 0 aliphatic carbocycles. The highest BCUT2D eigenvalue weighted by atomic mass is 16.6. The number of hydrogen-bond donors (Lipinski definition) is 1. The Morgan fingerprint density at radius 2 is 1.94 bits per heavy atom. The minimum atomic E-state index is -0.668. The minimum Gasteiger partial charge on any atom is -0.489 e. The van der Waals surface area contributed by atoms with E-state index < -0.39 is 12.0 Å². The molecule has 0 saturated carbocycles. The first kappa shape index (κ1) is 23.1. The summed E-state index contributed by atoms with van der Waals surface area (Å²) < 4.78 is 16.3. The second-order valence-corrected chi connectivity index (χ2v) is 7.26. The summed E-state index contributed by atoms with van der Waals surface area (Å²) in [5.74, 6) is 0.132. The standard InChI is InChI=1S/C25H28N2O5/c1-4-13-27-18(2)22(24(28)31-15-14-30-3)23(26-25(27)29)20-11-8-12-21(16-20)32-17-19-9-6-5-7-10-19/h4-12,16,23H,1,13-15,17H2,2-3H3,(H,26,29)/t23-/m0/s1. The largest absolute Gasteiger partial charge is 0.489 e. The molecular weight excluding hydrogens is 408 g/mol. The van der Waals surface area contributed by atoms with Gasteiger partial charge in [-0.05, 0) is 30.2 Å². The van der Waals surface area contributed by atoms with E-state index in [1.807, 2.05) is 54.6 Å². The summed E-state index contributed by atoms with van der Waals surface area (Å²) in [5.41, 5.74) is 2.65. The summed E-state index contributed by atoms with van der Waals surface area (Å²) in [7, 11) is 1.54. The molecule has 2 aromatic carbocycles. The fourth-order valence-corrected chi connectivity index (χ4v) is 3.46. The predicted octanol–water partition coefficient (Wildman–Crippen LogP) is 3.98. The van der Waals surface area contributed by atoms with E-state index in [4.69, 9.17) is 14.2 Å². The molecule has 7 nitrogen and oxygen atoms in total. The second-order valence-electron chi connectivity index (χ2n) is 7.26. The summed E-state index contributed by atoms with van der Waals surface area (Å²) in [5, 5.41) is 2.91. The lowest BCUT2D eigenvalue weighted by molar-refractivity contribution is -0.140. The summed E-state index contributed by atoms with van der Waals surface area (Å²) in [4.78, 5) is 27.1. The van der Waals surface area contributed by atoms with Crippen molar-refractivity contribution in [2.45, 2.75) is 19.6 Å². The Morgan fingerprint density at radius 1 is 1.16 bits per heavy atom. The average molecular weight is 437 g/mol. The number of allylic oxidation sites excluding steroid dienone is 1. The molecule has 0 fully saturated rings. The predicted molar refractivity (Wildman–Crippen MR) is 121 cm³/mol.